The number of carbonyl (C=O) groups excluding carboxylic acids is 8. The normalized spacial score (nSPS) is 18.0. The van der Waals surface area contributed by atoms with Crippen molar-refractivity contribution >= 4 is 184 Å². The summed E-state index contributed by atoms with van der Waals surface area (Å²) < 4.78 is 37.9. The first kappa shape index (κ1) is 105. The molecule has 48 heteroatoms. The Balaban J connectivity index is 0.000000177. The number of amides is 6. The average Bonchev–Trinajstić information content (AvgIpc) is 0.782. The molecular formula is C83H103B6N7O29S6. The highest BCUT2D eigenvalue weighted by molar-refractivity contribution is 8.01. The molecule has 1 saturated heterocycles. The number of carboxylic acids is 4. The number of aromatic carboxylic acids is 4. The average molecular weight is 1920 g/mol. The van der Waals surface area contributed by atoms with Crippen LogP contribution in [0.2, 0.25) is 37.9 Å². The van der Waals surface area contributed by atoms with Gasteiger partial charge in [-0.2, -0.15) is 58.8 Å². The standard InChI is InChI=1S/C16H20BNO6S.C15H19BN2O4S.3C13H16BNO5S.C13H16BNO4S/c1-25-8-13(19)18-11-7-17(22)24-15-10(11)5-6-12(14(15)16(20)21)23-9-3-2-4-9;1-9(19)11-3-2-4-12-13(5-16(21)22-15(11)12)18-14(20)8-23-10-6-17-7-10;3*1-7-3-4-8-9(15-10(16)6-21-2)5-14(19)20-12(8)11(7)13(17)18;1-8(16)9-4-3-5-10-11(15-12(17)7-20-2)6-14(18)19-13(9)10/h5-6,9,11,22H,2-4,7-8H2,1H3,(H,18,19)(H,20,21);2-4,10,13,17,21H,5-8H2,1H3,(H,18,20);3*3-4,9,19H,5-6H2,1-2H3,(H,15,16)(H,17,18);3-5,11,18H,6-7H2,1-2H3,(H,15,17)/t11-;13-;3*9-;11-/m111111/s1. The largest absolute Gasteiger partial charge is 0.535 e. The summed E-state index contributed by atoms with van der Waals surface area (Å²) in [4.78, 5) is 140. The van der Waals surface area contributed by atoms with Gasteiger partial charge in [-0.1, -0.05) is 60.7 Å². The molecule has 0 aromatic heterocycles. The van der Waals surface area contributed by atoms with Gasteiger partial charge in [0.1, 0.15) is 62.5 Å². The molecule has 8 aliphatic rings. The lowest BCUT2D eigenvalue weighted by Gasteiger charge is -2.31. The maximum Gasteiger partial charge on any atom is 0.525 e. The van der Waals surface area contributed by atoms with Crippen molar-refractivity contribution in [3.05, 3.63) is 168 Å². The molecule has 6 atom stereocenters. The Morgan fingerprint density at radius 3 is 0.847 bits per heavy atom. The molecule has 1 saturated carbocycles. The molecule has 0 unspecified atom stereocenters. The first-order valence-electron chi connectivity index (χ1n) is 41.4. The second-order valence-corrected chi connectivity index (χ2v) is 36.8. The number of carbonyl (C=O) groups is 12. The summed E-state index contributed by atoms with van der Waals surface area (Å²) in [5.41, 5.74) is 6.21. The highest BCUT2D eigenvalue weighted by Gasteiger charge is 2.43. The van der Waals surface area contributed by atoms with E-state index >= 15 is 0 Å². The van der Waals surface area contributed by atoms with Crippen LogP contribution in [0.5, 0.6) is 40.2 Å². The quantitative estimate of drug-likeness (QED) is 0.0185. The van der Waals surface area contributed by atoms with E-state index in [9.17, 15) is 108 Å². The Labute approximate surface area is 783 Å². The molecule has 0 bridgehead atoms. The molecule has 14 rings (SSSR count). The van der Waals surface area contributed by atoms with Crippen molar-refractivity contribution < 1.29 is 141 Å². The van der Waals surface area contributed by atoms with Gasteiger partial charge in [-0.15, -0.1) is 11.8 Å². The molecule has 131 heavy (non-hydrogen) atoms. The Hall–Kier alpha value is -9.83. The summed E-state index contributed by atoms with van der Waals surface area (Å²) in [7, 11) is -6.67. The van der Waals surface area contributed by atoms with Crippen LogP contribution < -0.4 is 69.9 Å². The summed E-state index contributed by atoms with van der Waals surface area (Å²) in [6.07, 6.45) is 13.3. The van der Waals surface area contributed by atoms with E-state index in [4.69, 9.17) is 32.7 Å². The first-order chi connectivity index (χ1) is 62.4. The number of Topliss-reactive ketones (excluding diaryl/α,β-unsaturated/α-hetero) is 2. The van der Waals surface area contributed by atoms with Gasteiger partial charge in [0.25, 0.3) is 0 Å². The van der Waals surface area contributed by atoms with Gasteiger partial charge in [0.15, 0.2) is 11.6 Å². The molecule has 0 radical (unpaired) electrons. The highest BCUT2D eigenvalue weighted by Crippen LogP contribution is 2.46. The predicted molar refractivity (Wildman–Crippen MR) is 506 cm³/mol. The van der Waals surface area contributed by atoms with Crippen molar-refractivity contribution in [3.8, 4) is 40.2 Å². The van der Waals surface area contributed by atoms with Crippen LogP contribution in [0.4, 0.5) is 0 Å². The molecule has 2 fully saturated rings. The topological polar surface area (TPSA) is 556 Å². The molecule has 17 N–H and O–H groups in total. The number of hydrogen-bond donors (Lipinski definition) is 17. The third kappa shape index (κ3) is 28.6. The molecule has 0 spiro atoms. The van der Waals surface area contributed by atoms with Crippen molar-refractivity contribution in [3.63, 3.8) is 0 Å². The summed E-state index contributed by atoms with van der Waals surface area (Å²) in [6.45, 7) is 9.77. The lowest BCUT2D eigenvalue weighted by molar-refractivity contribution is -0.120. The van der Waals surface area contributed by atoms with Gasteiger partial charge < -0.3 is 120 Å². The van der Waals surface area contributed by atoms with E-state index in [-0.39, 0.29) is 160 Å². The van der Waals surface area contributed by atoms with E-state index in [1.807, 2.05) is 37.3 Å². The van der Waals surface area contributed by atoms with Gasteiger partial charge in [-0.05, 0) is 126 Å². The zero-order valence-electron chi connectivity index (χ0n) is 73.4. The van der Waals surface area contributed by atoms with Gasteiger partial charge in [0, 0.05) is 89.6 Å². The van der Waals surface area contributed by atoms with Crippen molar-refractivity contribution in [1.82, 2.24) is 37.2 Å². The van der Waals surface area contributed by atoms with Gasteiger partial charge in [-0.25, -0.2) is 19.2 Å². The summed E-state index contributed by atoms with van der Waals surface area (Å²) in [5.74, 6) is -2.23. The lowest BCUT2D eigenvalue weighted by Crippen LogP contribution is -2.45. The minimum Gasteiger partial charge on any atom is -0.535 e. The van der Waals surface area contributed by atoms with Crippen LogP contribution in [-0.2, 0) is 28.8 Å². The van der Waals surface area contributed by atoms with Crippen molar-refractivity contribution in [2.24, 2.45) is 0 Å². The zero-order chi connectivity index (χ0) is 95.8. The number of benzene rings is 6. The minimum atomic E-state index is -1.19. The van der Waals surface area contributed by atoms with Crippen LogP contribution in [0.15, 0.2) is 84.9 Å². The van der Waals surface area contributed by atoms with Gasteiger partial charge in [0.2, 0.25) is 35.4 Å². The Kier molecular flexibility index (Phi) is 39.8. The fourth-order valence-corrected chi connectivity index (χ4v) is 17.7. The minimum absolute atomic E-state index is 0.0155. The van der Waals surface area contributed by atoms with Crippen LogP contribution in [0, 0.1) is 20.8 Å². The summed E-state index contributed by atoms with van der Waals surface area (Å²) >= 11 is 8.62. The van der Waals surface area contributed by atoms with Crippen LogP contribution in [0.25, 0.3) is 0 Å². The highest BCUT2D eigenvalue weighted by atomic mass is 32.2. The maximum atomic E-state index is 12.1. The Bertz CT molecular complexity index is 4950. The van der Waals surface area contributed by atoms with E-state index in [1.54, 1.807) is 111 Å². The number of rotatable bonds is 27. The van der Waals surface area contributed by atoms with Crippen LogP contribution in [0.3, 0.4) is 0 Å². The maximum absolute atomic E-state index is 12.1. The molecule has 6 amide bonds. The van der Waals surface area contributed by atoms with Crippen molar-refractivity contribution in [1.29, 1.82) is 0 Å². The van der Waals surface area contributed by atoms with Gasteiger partial charge in [0.05, 0.1) is 88.0 Å². The van der Waals surface area contributed by atoms with Gasteiger partial charge >= 0.3 is 66.6 Å². The Morgan fingerprint density at radius 2 is 0.611 bits per heavy atom. The zero-order valence-corrected chi connectivity index (χ0v) is 78.3. The second-order valence-electron chi connectivity index (χ2n) is 31.2. The molecule has 7 aliphatic heterocycles. The predicted octanol–water partition coefficient (Wildman–Crippen LogP) is 6.88. The molecule has 6 aromatic carbocycles. The lowest BCUT2D eigenvalue weighted by atomic mass is 9.74. The van der Waals surface area contributed by atoms with Crippen molar-refractivity contribution in [2.45, 2.75) is 139 Å². The number of aryl methyl sites for hydroxylation is 3. The van der Waals surface area contributed by atoms with Crippen LogP contribution in [-0.4, -0.2) is 254 Å². The number of ketones is 2. The van der Waals surface area contributed by atoms with Crippen LogP contribution in [0.1, 0.15) is 182 Å². The fourth-order valence-electron chi connectivity index (χ4n) is 15.1. The number of nitrogens with one attached hydrogen (secondary N) is 7. The third-order valence-electron chi connectivity index (χ3n) is 21.4. The number of ether oxygens (including phenoxy) is 1. The van der Waals surface area contributed by atoms with Crippen molar-refractivity contribution in [2.75, 3.05) is 78.9 Å². The van der Waals surface area contributed by atoms with E-state index in [2.05, 4.69) is 37.2 Å². The molecule has 7 heterocycles. The molecular weight excluding hydrogens is 1820 g/mol. The van der Waals surface area contributed by atoms with E-state index in [1.165, 1.54) is 72.7 Å². The third-order valence-corrected chi connectivity index (χ3v) is 25.4. The molecule has 698 valence electrons. The number of para-hydroxylation sites is 2. The number of fused-ring (bicyclic) bond motifs is 6. The van der Waals surface area contributed by atoms with E-state index in [0.29, 0.717) is 95.6 Å². The van der Waals surface area contributed by atoms with E-state index < -0.39 is 90.8 Å². The smallest absolute Gasteiger partial charge is 0.525 e. The number of thioether (sulfide) groups is 6. The van der Waals surface area contributed by atoms with Gasteiger partial charge in [-0.3, -0.25) is 38.4 Å². The first-order valence-corrected chi connectivity index (χ1v) is 49.5. The molecule has 1 aliphatic carbocycles. The van der Waals surface area contributed by atoms with Crippen LogP contribution >= 0.6 is 70.6 Å². The SMILES string of the molecule is CC(=O)c1cccc2c1OB(O)C[C@H]2NC(=O)CSC1CNC1.CSCC(=O)N[C@@H]1CB(O)Oc2c(C(C)=O)cccc21.CSCC(=O)N[C@@H]1CB(O)Oc2c1ccc(C)c2C(=O)O.CSCC(=O)N[C@@H]1CB(O)Oc2c1ccc(C)c2C(=O)O.CSCC(=O)N[C@@H]1CB(O)Oc2c1ccc(C)c2C(=O)O.CSCC(=O)N[C@@H]1CB(O)Oc2c1ccc(OC1CCC1)c2C(=O)O. The number of hydrogen-bond acceptors (Lipinski definition) is 32. The molecule has 6 aromatic rings. The van der Waals surface area contributed by atoms with E-state index in [0.717, 1.165) is 43.5 Å². The summed E-state index contributed by atoms with van der Waals surface area (Å²) in [6, 6.07) is 21.4. The Morgan fingerprint density at radius 1 is 0.359 bits per heavy atom. The number of carboxylic acid groups (broad SMARTS) is 4. The second kappa shape index (κ2) is 49.8. The molecule has 36 nitrogen and oxygen atoms in total. The fraction of sp³-hybridized carbons (Fsp3) is 0.422. The monoisotopic (exact) mass is 1920 g/mol. The summed E-state index contributed by atoms with van der Waals surface area (Å²) in [5, 5.41) is 117.